The molecule has 0 aliphatic carbocycles. The standard InChI is InChI=1S/C11H8ClN3O4S/c12-8-3-5-9(6-4-8)20(18,19)14-11-10(15(16)17)2-1-7-13-11/h1-7H,(H,13,14). The van der Waals surface area contributed by atoms with Gasteiger partial charge in [-0.3, -0.25) is 14.8 Å². The van der Waals surface area contributed by atoms with E-state index in [-0.39, 0.29) is 10.7 Å². The van der Waals surface area contributed by atoms with E-state index in [1.807, 2.05) is 0 Å². The second-order valence-corrected chi connectivity index (χ2v) is 5.81. The molecule has 1 aromatic carbocycles. The summed E-state index contributed by atoms with van der Waals surface area (Å²) in [5, 5.41) is 11.2. The summed E-state index contributed by atoms with van der Waals surface area (Å²) in [7, 11) is -3.96. The summed E-state index contributed by atoms with van der Waals surface area (Å²) in [5.74, 6) is -0.340. The first-order valence-electron chi connectivity index (χ1n) is 5.28. The number of nitrogens with one attached hydrogen (secondary N) is 1. The summed E-state index contributed by atoms with van der Waals surface area (Å²) in [6.45, 7) is 0. The van der Waals surface area contributed by atoms with Crippen LogP contribution in [0.3, 0.4) is 0 Å². The van der Waals surface area contributed by atoms with Crippen LogP contribution < -0.4 is 4.72 Å². The molecular weight excluding hydrogens is 306 g/mol. The topological polar surface area (TPSA) is 102 Å². The van der Waals surface area contributed by atoms with Crippen molar-refractivity contribution in [1.82, 2.24) is 4.98 Å². The van der Waals surface area contributed by atoms with Crippen molar-refractivity contribution in [3.8, 4) is 0 Å². The van der Waals surface area contributed by atoms with Crippen LogP contribution >= 0.6 is 11.6 Å². The van der Waals surface area contributed by atoms with E-state index < -0.39 is 20.6 Å². The molecule has 0 amide bonds. The molecule has 0 bridgehead atoms. The third kappa shape index (κ3) is 3.03. The van der Waals surface area contributed by atoms with E-state index in [1.165, 1.54) is 36.5 Å². The van der Waals surface area contributed by atoms with E-state index in [2.05, 4.69) is 9.71 Å². The fourth-order valence-corrected chi connectivity index (χ4v) is 2.57. The molecule has 0 fully saturated rings. The molecule has 0 atom stereocenters. The number of nitro groups is 1. The van der Waals surface area contributed by atoms with E-state index >= 15 is 0 Å². The van der Waals surface area contributed by atoms with Crippen molar-refractivity contribution in [2.24, 2.45) is 0 Å². The maximum absolute atomic E-state index is 12.1. The summed E-state index contributed by atoms with van der Waals surface area (Å²) >= 11 is 5.67. The minimum atomic E-state index is -3.96. The summed E-state index contributed by atoms with van der Waals surface area (Å²) in [5.41, 5.74) is -0.426. The molecule has 0 spiro atoms. The molecule has 1 N–H and O–H groups in total. The van der Waals surface area contributed by atoms with Gasteiger partial charge >= 0.3 is 5.69 Å². The van der Waals surface area contributed by atoms with Crippen molar-refractivity contribution in [1.29, 1.82) is 0 Å². The highest BCUT2D eigenvalue weighted by Crippen LogP contribution is 2.24. The van der Waals surface area contributed by atoms with Crippen molar-refractivity contribution < 1.29 is 13.3 Å². The molecule has 0 aliphatic rings. The van der Waals surface area contributed by atoms with Gasteiger partial charge in [0.15, 0.2) is 0 Å². The van der Waals surface area contributed by atoms with E-state index in [4.69, 9.17) is 11.6 Å². The van der Waals surface area contributed by atoms with Crippen LogP contribution in [0.25, 0.3) is 0 Å². The lowest BCUT2D eigenvalue weighted by molar-refractivity contribution is -0.384. The summed E-state index contributed by atoms with van der Waals surface area (Å²) < 4.78 is 26.2. The maximum Gasteiger partial charge on any atom is 0.312 e. The third-order valence-corrected chi connectivity index (χ3v) is 3.94. The van der Waals surface area contributed by atoms with Crippen molar-refractivity contribution in [3.63, 3.8) is 0 Å². The van der Waals surface area contributed by atoms with Crippen LogP contribution in [0, 0.1) is 10.1 Å². The number of halogens is 1. The number of hydrogen-bond acceptors (Lipinski definition) is 5. The zero-order valence-electron chi connectivity index (χ0n) is 9.86. The molecular formula is C11H8ClN3O4S. The molecule has 0 unspecified atom stereocenters. The normalized spacial score (nSPS) is 11.1. The van der Waals surface area contributed by atoms with Crippen molar-refractivity contribution >= 4 is 33.1 Å². The number of hydrogen-bond donors (Lipinski definition) is 1. The van der Waals surface area contributed by atoms with Gasteiger partial charge in [0.05, 0.1) is 9.82 Å². The van der Waals surface area contributed by atoms with Crippen molar-refractivity contribution in [2.45, 2.75) is 4.90 Å². The minimum absolute atomic E-state index is 0.0677. The van der Waals surface area contributed by atoms with Crippen LogP contribution in [0.2, 0.25) is 5.02 Å². The van der Waals surface area contributed by atoms with Gasteiger partial charge in [0, 0.05) is 17.3 Å². The zero-order valence-corrected chi connectivity index (χ0v) is 11.4. The quantitative estimate of drug-likeness (QED) is 0.690. The van der Waals surface area contributed by atoms with Crippen LogP contribution in [0.1, 0.15) is 0 Å². The Morgan fingerprint density at radius 3 is 2.45 bits per heavy atom. The lowest BCUT2D eigenvalue weighted by Crippen LogP contribution is -2.15. The summed E-state index contributed by atoms with van der Waals surface area (Å²) in [4.78, 5) is 13.7. The Balaban J connectivity index is 2.38. The largest absolute Gasteiger partial charge is 0.312 e. The monoisotopic (exact) mass is 313 g/mol. The Morgan fingerprint density at radius 2 is 1.85 bits per heavy atom. The van der Waals surface area contributed by atoms with Crippen LogP contribution in [0.15, 0.2) is 47.5 Å². The second-order valence-electron chi connectivity index (χ2n) is 3.69. The lowest BCUT2D eigenvalue weighted by Gasteiger charge is -2.07. The Bertz CT molecular complexity index is 747. The molecule has 20 heavy (non-hydrogen) atoms. The number of nitrogens with zero attached hydrogens (tertiary/aromatic N) is 2. The van der Waals surface area contributed by atoms with Gasteiger partial charge in [-0.25, -0.2) is 13.4 Å². The average Bonchev–Trinajstić information content (AvgIpc) is 2.39. The van der Waals surface area contributed by atoms with Gasteiger partial charge in [0.2, 0.25) is 5.82 Å². The molecule has 1 heterocycles. The molecule has 0 radical (unpaired) electrons. The lowest BCUT2D eigenvalue weighted by atomic mass is 10.4. The highest BCUT2D eigenvalue weighted by Gasteiger charge is 2.21. The molecule has 104 valence electrons. The second kappa shape index (κ2) is 5.43. The first kappa shape index (κ1) is 14.2. The van der Waals surface area contributed by atoms with Crippen LogP contribution in [-0.2, 0) is 10.0 Å². The Labute approximate surface area is 119 Å². The SMILES string of the molecule is O=[N+]([O-])c1cccnc1NS(=O)(=O)c1ccc(Cl)cc1. The van der Waals surface area contributed by atoms with Crippen molar-refractivity contribution in [2.75, 3.05) is 4.72 Å². The highest BCUT2D eigenvalue weighted by molar-refractivity contribution is 7.92. The number of benzene rings is 1. The van der Waals surface area contributed by atoms with Gasteiger partial charge in [0.1, 0.15) is 0 Å². The minimum Gasteiger partial charge on any atom is -0.258 e. The molecule has 0 saturated heterocycles. The van der Waals surface area contributed by atoms with Gasteiger partial charge in [0.25, 0.3) is 10.0 Å². The van der Waals surface area contributed by atoms with E-state index in [1.54, 1.807) is 0 Å². The molecule has 2 rings (SSSR count). The third-order valence-electron chi connectivity index (χ3n) is 2.34. The number of rotatable bonds is 4. The smallest absolute Gasteiger partial charge is 0.258 e. The zero-order chi connectivity index (χ0) is 14.8. The number of pyridine rings is 1. The number of sulfonamides is 1. The van der Waals surface area contributed by atoms with E-state index in [0.29, 0.717) is 5.02 Å². The van der Waals surface area contributed by atoms with Crippen LogP contribution in [0.5, 0.6) is 0 Å². The van der Waals surface area contributed by atoms with E-state index in [0.717, 1.165) is 6.07 Å². The Morgan fingerprint density at radius 1 is 1.20 bits per heavy atom. The van der Waals surface area contributed by atoms with Crippen molar-refractivity contribution in [3.05, 3.63) is 57.7 Å². The molecule has 9 heteroatoms. The predicted molar refractivity (Wildman–Crippen MR) is 73.2 cm³/mol. The van der Waals surface area contributed by atoms with Gasteiger partial charge in [-0.1, -0.05) is 11.6 Å². The van der Waals surface area contributed by atoms with E-state index in [9.17, 15) is 18.5 Å². The predicted octanol–water partition coefficient (Wildman–Crippen LogP) is 2.44. The summed E-state index contributed by atoms with van der Waals surface area (Å²) in [6, 6.07) is 7.90. The average molecular weight is 314 g/mol. The fraction of sp³-hybridized carbons (Fsp3) is 0. The van der Waals surface area contributed by atoms with Gasteiger partial charge in [-0.05, 0) is 30.3 Å². The molecule has 0 aliphatic heterocycles. The van der Waals surface area contributed by atoms with Gasteiger partial charge in [-0.2, -0.15) is 0 Å². The highest BCUT2D eigenvalue weighted by atomic mass is 35.5. The molecule has 1 aromatic heterocycles. The van der Waals surface area contributed by atoms with Gasteiger partial charge < -0.3 is 0 Å². The number of anilines is 1. The van der Waals surface area contributed by atoms with Crippen LogP contribution in [-0.4, -0.2) is 18.3 Å². The van der Waals surface area contributed by atoms with Gasteiger partial charge in [-0.15, -0.1) is 0 Å². The molecule has 7 nitrogen and oxygen atoms in total. The molecule has 0 saturated carbocycles. The Hall–Kier alpha value is -2.19. The van der Waals surface area contributed by atoms with Crippen LogP contribution in [0.4, 0.5) is 11.5 Å². The first-order chi connectivity index (χ1) is 9.40. The maximum atomic E-state index is 12.1. The first-order valence-corrected chi connectivity index (χ1v) is 7.14. The number of aromatic nitrogens is 1. The molecule has 2 aromatic rings. The summed E-state index contributed by atoms with van der Waals surface area (Å²) in [6.07, 6.45) is 1.26. The fourth-order valence-electron chi connectivity index (χ4n) is 1.42. The Kier molecular flexibility index (Phi) is 3.86.